The highest BCUT2D eigenvalue weighted by atomic mass is 32.2. The maximum Gasteiger partial charge on any atom is 0.297 e. The topological polar surface area (TPSA) is 86.7 Å². The van der Waals surface area contributed by atoms with E-state index < -0.39 is 20.2 Å². The van der Waals surface area contributed by atoms with Crippen molar-refractivity contribution in [2.75, 3.05) is 6.61 Å². The highest BCUT2D eigenvalue weighted by Gasteiger charge is 2.71. The van der Waals surface area contributed by atoms with E-state index in [0.717, 1.165) is 75.3 Å². The lowest BCUT2D eigenvalue weighted by Gasteiger charge is -2.73. The smallest absolute Gasteiger partial charge is 0.266 e. The van der Waals surface area contributed by atoms with Gasteiger partial charge >= 0.3 is 0 Å². The number of rotatable bonds is 8. The lowest BCUT2D eigenvalue weighted by atomic mass is 9.32. The van der Waals surface area contributed by atoms with Gasteiger partial charge in [-0.25, -0.2) is 0 Å². The molecule has 0 aromatic heterocycles. The Labute approximate surface area is 314 Å². The van der Waals surface area contributed by atoms with E-state index in [0.29, 0.717) is 29.6 Å². The number of benzene rings is 2. The quantitative estimate of drug-likeness (QED) is 0.197. The van der Waals surface area contributed by atoms with Crippen molar-refractivity contribution in [2.24, 2.45) is 56.7 Å². The van der Waals surface area contributed by atoms with Crippen molar-refractivity contribution in [2.45, 2.75) is 135 Å². The SMILES string of the molecule is C=C(C)[C@@H]1CC[C@]2(COS(=O)(=O)c3ccc(C)cc3)CC[C@]3(C)[C@@H](CC[C@@H]4[C@]5(C)CC[C@@H](OS(=O)(=O)c6ccc(C)cc6)C(C)(C)[C@H]5CC[C@@]43C)[C@H]12. The number of hydrogen-bond donors (Lipinski definition) is 0. The molecule has 286 valence electrons. The van der Waals surface area contributed by atoms with Gasteiger partial charge in [-0.1, -0.05) is 82.2 Å². The zero-order valence-electron chi connectivity index (χ0n) is 32.8. The molecule has 5 saturated carbocycles. The van der Waals surface area contributed by atoms with Crippen molar-refractivity contribution in [1.29, 1.82) is 0 Å². The summed E-state index contributed by atoms with van der Waals surface area (Å²) in [6.45, 7) is 23.1. The van der Waals surface area contributed by atoms with Crippen LogP contribution in [0.25, 0.3) is 0 Å². The lowest BCUT2D eigenvalue weighted by molar-refractivity contribution is -0.247. The maximum atomic E-state index is 13.5. The Morgan fingerprint density at radius 3 is 1.88 bits per heavy atom. The van der Waals surface area contributed by atoms with Crippen LogP contribution in [0.5, 0.6) is 0 Å². The van der Waals surface area contributed by atoms with Crippen LogP contribution in [-0.4, -0.2) is 29.5 Å². The van der Waals surface area contributed by atoms with E-state index >= 15 is 0 Å². The second-order valence-corrected chi connectivity index (χ2v) is 22.5. The Morgan fingerprint density at radius 2 is 1.29 bits per heavy atom. The average molecular weight is 751 g/mol. The van der Waals surface area contributed by atoms with Gasteiger partial charge in [-0.2, -0.15) is 16.8 Å². The summed E-state index contributed by atoms with van der Waals surface area (Å²) in [5, 5.41) is 0. The molecule has 5 aliphatic carbocycles. The molecule has 10 atom stereocenters. The van der Waals surface area contributed by atoms with Crippen LogP contribution >= 0.6 is 0 Å². The summed E-state index contributed by atoms with van der Waals surface area (Å²) in [5.74, 6) is 2.04. The molecule has 5 aliphatic rings. The fourth-order valence-corrected chi connectivity index (χ4v) is 15.8. The van der Waals surface area contributed by atoms with Crippen LogP contribution < -0.4 is 0 Å². The molecule has 0 saturated heterocycles. The van der Waals surface area contributed by atoms with Crippen molar-refractivity contribution in [3.63, 3.8) is 0 Å². The lowest BCUT2D eigenvalue weighted by Crippen LogP contribution is -2.67. The summed E-state index contributed by atoms with van der Waals surface area (Å²) in [6, 6.07) is 14.0. The first kappa shape index (κ1) is 38.3. The summed E-state index contributed by atoms with van der Waals surface area (Å²) >= 11 is 0. The molecular formula is C44H62O6S2. The zero-order chi connectivity index (χ0) is 37.7. The summed E-state index contributed by atoms with van der Waals surface area (Å²) in [6.07, 6.45) is 9.83. The Kier molecular flexibility index (Phi) is 9.41. The molecule has 7 rings (SSSR count). The molecule has 2 aromatic rings. The van der Waals surface area contributed by atoms with Gasteiger partial charge in [-0.3, -0.25) is 8.37 Å². The van der Waals surface area contributed by atoms with E-state index in [4.69, 9.17) is 8.37 Å². The van der Waals surface area contributed by atoms with Gasteiger partial charge in [-0.05, 0) is 166 Å². The second-order valence-electron chi connectivity index (χ2n) is 19.3. The molecule has 0 bridgehead atoms. The molecule has 0 radical (unpaired) electrons. The first-order valence-corrected chi connectivity index (χ1v) is 22.6. The van der Waals surface area contributed by atoms with Gasteiger partial charge in [0.1, 0.15) is 0 Å². The fourth-order valence-electron chi connectivity index (χ4n) is 13.6. The van der Waals surface area contributed by atoms with Gasteiger partial charge in [0, 0.05) is 0 Å². The molecule has 0 N–H and O–H groups in total. The number of aryl methyl sites for hydroxylation is 2. The Hall–Kier alpha value is -2.00. The van der Waals surface area contributed by atoms with E-state index in [9.17, 15) is 16.8 Å². The van der Waals surface area contributed by atoms with E-state index in [2.05, 4.69) is 48.1 Å². The third-order valence-electron chi connectivity index (χ3n) is 16.5. The molecule has 52 heavy (non-hydrogen) atoms. The Bertz CT molecular complexity index is 1920. The molecule has 8 heteroatoms. The normalized spacial score (nSPS) is 39.8. The molecule has 0 unspecified atom stereocenters. The van der Waals surface area contributed by atoms with Crippen LogP contribution in [0, 0.1) is 70.5 Å². The Balaban J connectivity index is 1.15. The highest BCUT2D eigenvalue weighted by molar-refractivity contribution is 7.87. The van der Waals surface area contributed by atoms with E-state index in [1.807, 2.05) is 38.1 Å². The third-order valence-corrected chi connectivity index (χ3v) is 19.2. The first-order valence-electron chi connectivity index (χ1n) is 19.8. The van der Waals surface area contributed by atoms with Gasteiger partial charge < -0.3 is 0 Å². The van der Waals surface area contributed by atoms with Crippen LogP contribution in [0.4, 0.5) is 0 Å². The van der Waals surface area contributed by atoms with Crippen molar-refractivity contribution in [3.05, 3.63) is 71.8 Å². The average Bonchev–Trinajstić information content (AvgIpc) is 3.46. The first-order chi connectivity index (χ1) is 24.2. The monoisotopic (exact) mass is 750 g/mol. The molecule has 2 aromatic carbocycles. The van der Waals surface area contributed by atoms with Gasteiger partial charge in [0.15, 0.2) is 0 Å². The summed E-state index contributed by atoms with van der Waals surface area (Å²) in [5.41, 5.74) is 3.06. The molecule has 0 amide bonds. The van der Waals surface area contributed by atoms with E-state index in [1.165, 1.54) is 5.57 Å². The van der Waals surface area contributed by atoms with E-state index in [-0.39, 0.29) is 49.6 Å². The van der Waals surface area contributed by atoms with Crippen molar-refractivity contribution in [3.8, 4) is 0 Å². The van der Waals surface area contributed by atoms with Crippen molar-refractivity contribution in [1.82, 2.24) is 0 Å². The summed E-state index contributed by atoms with van der Waals surface area (Å²) in [4.78, 5) is 0.464. The molecule has 5 fully saturated rings. The third kappa shape index (κ3) is 5.82. The van der Waals surface area contributed by atoms with Crippen LogP contribution in [-0.2, 0) is 28.6 Å². The molecule has 0 spiro atoms. The highest BCUT2D eigenvalue weighted by Crippen LogP contribution is 2.77. The van der Waals surface area contributed by atoms with Crippen molar-refractivity contribution >= 4 is 20.2 Å². The standard InChI is InChI=1S/C44H62O6S2/c1-29(2)34-20-25-44(28-49-51(45,46)32-14-10-30(3)11-15-32)27-26-42(8)35(39(34)44)18-19-37-41(7)23-22-38(40(5,6)36(41)21-24-43(37,42)9)50-52(47,48)33-16-12-31(4)13-17-33/h10-17,34-39H,1,18-28H2,2-9H3/t34-,35-,36+,37+,38+,39-,41+,42+,43-,44+/m0/s1. The number of allylic oxidation sites excluding steroid dienone is 1. The largest absolute Gasteiger partial charge is 0.297 e. The second kappa shape index (κ2) is 12.8. The van der Waals surface area contributed by atoms with Crippen LogP contribution in [0.15, 0.2) is 70.5 Å². The van der Waals surface area contributed by atoms with Crippen LogP contribution in [0.2, 0.25) is 0 Å². The molecular weight excluding hydrogens is 689 g/mol. The van der Waals surface area contributed by atoms with Gasteiger partial charge in [0.25, 0.3) is 20.2 Å². The number of fused-ring (bicyclic) bond motifs is 7. The molecule has 0 heterocycles. The minimum Gasteiger partial charge on any atom is -0.266 e. The van der Waals surface area contributed by atoms with Gasteiger partial charge in [0.2, 0.25) is 0 Å². The predicted octanol–water partition coefficient (Wildman–Crippen LogP) is 10.4. The maximum absolute atomic E-state index is 13.5. The zero-order valence-corrected chi connectivity index (χ0v) is 34.5. The van der Waals surface area contributed by atoms with Gasteiger partial charge in [0.05, 0.1) is 22.5 Å². The van der Waals surface area contributed by atoms with Crippen LogP contribution in [0.1, 0.15) is 117 Å². The minimum atomic E-state index is -3.88. The molecule has 0 aliphatic heterocycles. The van der Waals surface area contributed by atoms with Crippen molar-refractivity contribution < 1.29 is 25.2 Å². The van der Waals surface area contributed by atoms with Crippen LogP contribution in [0.3, 0.4) is 0 Å². The summed E-state index contributed by atoms with van der Waals surface area (Å²) < 4.78 is 66.2. The molecule has 6 nitrogen and oxygen atoms in total. The van der Waals surface area contributed by atoms with E-state index in [1.54, 1.807) is 24.3 Å². The Morgan fingerprint density at radius 1 is 0.692 bits per heavy atom. The van der Waals surface area contributed by atoms with Gasteiger partial charge in [-0.15, -0.1) is 0 Å². The minimum absolute atomic E-state index is 0.0706. The fraction of sp³-hybridized carbons (Fsp3) is 0.682. The number of hydrogen-bond acceptors (Lipinski definition) is 6. The summed E-state index contributed by atoms with van der Waals surface area (Å²) in [7, 11) is -7.75. The predicted molar refractivity (Wildman–Crippen MR) is 207 cm³/mol.